The molecule has 0 amide bonds. The lowest BCUT2D eigenvalue weighted by Gasteiger charge is -2.51. The van der Waals surface area contributed by atoms with Crippen LogP contribution in [0, 0.1) is 11.8 Å². The summed E-state index contributed by atoms with van der Waals surface area (Å²) in [5.74, 6) is 1.23. The molecule has 0 aromatic heterocycles. The molecule has 1 aliphatic carbocycles. The summed E-state index contributed by atoms with van der Waals surface area (Å²) >= 11 is 0. The van der Waals surface area contributed by atoms with Gasteiger partial charge in [-0.05, 0) is 44.7 Å². The summed E-state index contributed by atoms with van der Waals surface area (Å²) in [6.07, 6.45) is 4.17. The van der Waals surface area contributed by atoms with Gasteiger partial charge in [0.25, 0.3) is 0 Å². The van der Waals surface area contributed by atoms with E-state index in [1.54, 1.807) is 0 Å². The van der Waals surface area contributed by atoms with E-state index in [-0.39, 0.29) is 11.5 Å². The van der Waals surface area contributed by atoms with E-state index in [0.29, 0.717) is 24.9 Å². The SMILES string of the molecule is CCOC(=O)CC1(N(CC)CC)CC(C)CCC1C. The van der Waals surface area contributed by atoms with Gasteiger partial charge < -0.3 is 4.74 Å². The minimum absolute atomic E-state index is 0.00736. The summed E-state index contributed by atoms with van der Waals surface area (Å²) in [6.45, 7) is 13.4. The first-order valence-electron chi connectivity index (χ1n) is 7.90. The highest BCUT2D eigenvalue weighted by Gasteiger charge is 2.45. The number of rotatable bonds is 6. The average Bonchev–Trinajstić information content (AvgIpc) is 2.36. The first-order valence-corrected chi connectivity index (χ1v) is 7.90. The van der Waals surface area contributed by atoms with Crippen molar-refractivity contribution in [1.29, 1.82) is 0 Å². The van der Waals surface area contributed by atoms with E-state index in [1.807, 2.05) is 6.92 Å². The molecule has 3 atom stereocenters. The second kappa shape index (κ2) is 7.28. The molecule has 0 aromatic carbocycles. The third-order valence-electron chi connectivity index (χ3n) is 4.86. The number of carbonyl (C=O) groups is 1. The Morgan fingerprint density at radius 2 is 1.84 bits per heavy atom. The lowest BCUT2D eigenvalue weighted by Crippen LogP contribution is -2.57. The van der Waals surface area contributed by atoms with Gasteiger partial charge in [0.05, 0.1) is 13.0 Å². The second-order valence-electron chi connectivity index (χ2n) is 6.05. The molecule has 0 bridgehead atoms. The Morgan fingerprint density at radius 3 is 2.37 bits per heavy atom. The maximum absolute atomic E-state index is 12.1. The number of ether oxygens (including phenoxy) is 1. The third-order valence-corrected chi connectivity index (χ3v) is 4.86. The Hall–Kier alpha value is -0.570. The zero-order valence-corrected chi connectivity index (χ0v) is 13.4. The number of carbonyl (C=O) groups excluding carboxylic acids is 1. The summed E-state index contributed by atoms with van der Waals surface area (Å²) in [4.78, 5) is 14.5. The van der Waals surface area contributed by atoms with Gasteiger partial charge in [-0.15, -0.1) is 0 Å². The maximum atomic E-state index is 12.1. The maximum Gasteiger partial charge on any atom is 0.307 e. The smallest absolute Gasteiger partial charge is 0.307 e. The van der Waals surface area contributed by atoms with Gasteiger partial charge in [-0.1, -0.05) is 34.1 Å². The van der Waals surface area contributed by atoms with Crippen LogP contribution in [0.2, 0.25) is 0 Å². The Morgan fingerprint density at radius 1 is 1.21 bits per heavy atom. The molecule has 1 saturated carbocycles. The van der Waals surface area contributed by atoms with Crippen LogP contribution in [-0.4, -0.2) is 36.1 Å². The number of nitrogens with zero attached hydrogens (tertiary/aromatic N) is 1. The monoisotopic (exact) mass is 269 g/mol. The molecule has 0 aromatic rings. The molecule has 0 saturated heterocycles. The van der Waals surface area contributed by atoms with E-state index in [2.05, 4.69) is 32.6 Å². The van der Waals surface area contributed by atoms with Crippen LogP contribution in [0.15, 0.2) is 0 Å². The molecule has 19 heavy (non-hydrogen) atoms. The van der Waals surface area contributed by atoms with E-state index >= 15 is 0 Å². The normalized spacial score (nSPS) is 31.5. The van der Waals surface area contributed by atoms with Gasteiger partial charge in [0.15, 0.2) is 0 Å². The van der Waals surface area contributed by atoms with Crippen LogP contribution < -0.4 is 0 Å². The van der Waals surface area contributed by atoms with Crippen molar-refractivity contribution < 1.29 is 9.53 Å². The minimum atomic E-state index is -0.0321. The van der Waals surface area contributed by atoms with Gasteiger partial charge in [0.2, 0.25) is 0 Å². The van der Waals surface area contributed by atoms with Gasteiger partial charge in [0, 0.05) is 5.54 Å². The fourth-order valence-corrected chi connectivity index (χ4v) is 3.82. The largest absolute Gasteiger partial charge is 0.466 e. The van der Waals surface area contributed by atoms with Crippen molar-refractivity contribution in [2.75, 3.05) is 19.7 Å². The van der Waals surface area contributed by atoms with Crippen LogP contribution in [-0.2, 0) is 9.53 Å². The van der Waals surface area contributed by atoms with Crippen molar-refractivity contribution in [1.82, 2.24) is 4.90 Å². The molecule has 1 rings (SSSR count). The standard InChI is InChI=1S/C16H31NO2/c1-6-17(7-2)16(12-15(18)19-8-3)11-13(4)9-10-14(16)5/h13-14H,6-12H2,1-5H3. The summed E-state index contributed by atoms with van der Waals surface area (Å²) in [7, 11) is 0. The highest BCUT2D eigenvalue weighted by molar-refractivity contribution is 5.71. The molecule has 0 N–H and O–H groups in total. The lowest BCUT2D eigenvalue weighted by atomic mass is 9.67. The molecule has 1 fully saturated rings. The Labute approximate surface area is 118 Å². The topological polar surface area (TPSA) is 29.5 Å². The van der Waals surface area contributed by atoms with Crippen molar-refractivity contribution in [3.63, 3.8) is 0 Å². The van der Waals surface area contributed by atoms with Gasteiger partial charge in [0.1, 0.15) is 0 Å². The first kappa shape index (κ1) is 16.5. The molecule has 0 aliphatic heterocycles. The van der Waals surface area contributed by atoms with Crippen LogP contribution in [0.4, 0.5) is 0 Å². The predicted octanol–water partition coefficient (Wildman–Crippen LogP) is 3.48. The van der Waals surface area contributed by atoms with Crippen molar-refractivity contribution in [3.05, 3.63) is 0 Å². The van der Waals surface area contributed by atoms with E-state index in [1.165, 1.54) is 12.8 Å². The summed E-state index contributed by atoms with van der Waals surface area (Å²) in [6, 6.07) is 0. The van der Waals surface area contributed by atoms with E-state index < -0.39 is 0 Å². The van der Waals surface area contributed by atoms with Gasteiger partial charge in [-0.25, -0.2) is 0 Å². The summed E-state index contributed by atoms with van der Waals surface area (Å²) < 4.78 is 5.23. The molecule has 3 heteroatoms. The fourth-order valence-electron chi connectivity index (χ4n) is 3.82. The second-order valence-corrected chi connectivity index (χ2v) is 6.05. The zero-order chi connectivity index (χ0) is 14.5. The van der Waals surface area contributed by atoms with Crippen molar-refractivity contribution in [3.8, 4) is 0 Å². The average molecular weight is 269 g/mol. The van der Waals surface area contributed by atoms with Gasteiger partial charge in [-0.3, -0.25) is 9.69 Å². The molecular weight excluding hydrogens is 238 g/mol. The Kier molecular flexibility index (Phi) is 6.31. The summed E-state index contributed by atoms with van der Waals surface area (Å²) in [5.41, 5.74) is 0.00736. The molecule has 112 valence electrons. The Bertz CT molecular complexity index is 288. The molecular formula is C16H31NO2. The van der Waals surface area contributed by atoms with E-state index in [4.69, 9.17) is 4.74 Å². The van der Waals surface area contributed by atoms with Crippen molar-refractivity contribution in [2.24, 2.45) is 11.8 Å². The third kappa shape index (κ3) is 3.71. The summed E-state index contributed by atoms with van der Waals surface area (Å²) in [5, 5.41) is 0. The van der Waals surface area contributed by atoms with Crippen LogP contribution in [0.1, 0.15) is 60.3 Å². The van der Waals surface area contributed by atoms with Crippen molar-refractivity contribution in [2.45, 2.75) is 65.8 Å². The Balaban J connectivity index is 2.97. The molecule has 0 spiro atoms. The minimum Gasteiger partial charge on any atom is -0.466 e. The van der Waals surface area contributed by atoms with Gasteiger partial charge >= 0.3 is 5.97 Å². The van der Waals surface area contributed by atoms with E-state index in [0.717, 1.165) is 19.5 Å². The van der Waals surface area contributed by atoms with Crippen LogP contribution >= 0.6 is 0 Å². The van der Waals surface area contributed by atoms with E-state index in [9.17, 15) is 4.79 Å². The van der Waals surface area contributed by atoms with Crippen LogP contribution in [0.25, 0.3) is 0 Å². The quantitative estimate of drug-likeness (QED) is 0.691. The van der Waals surface area contributed by atoms with Gasteiger partial charge in [-0.2, -0.15) is 0 Å². The lowest BCUT2D eigenvalue weighted by molar-refractivity contribution is -0.149. The first-order chi connectivity index (χ1) is 9.00. The molecule has 0 radical (unpaired) electrons. The zero-order valence-electron chi connectivity index (χ0n) is 13.4. The number of hydrogen-bond acceptors (Lipinski definition) is 3. The molecule has 3 nitrogen and oxygen atoms in total. The number of hydrogen-bond donors (Lipinski definition) is 0. The predicted molar refractivity (Wildman–Crippen MR) is 79.1 cm³/mol. The highest BCUT2D eigenvalue weighted by Crippen LogP contribution is 2.43. The molecule has 0 heterocycles. The highest BCUT2D eigenvalue weighted by atomic mass is 16.5. The molecule has 1 aliphatic rings. The number of esters is 1. The fraction of sp³-hybridized carbons (Fsp3) is 0.938. The van der Waals surface area contributed by atoms with Crippen molar-refractivity contribution >= 4 is 5.97 Å². The van der Waals surface area contributed by atoms with Crippen LogP contribution in [0.3, 0.4) is 0 Å². The van der Waals surface area contributed by atoms with Crippen LogP contribution in [0.5, 0.6) is 0 Å². The molecule has 3 unspecified atom stereocenters.